The van der Waals surface area contributed by atoms with Crippen LogP contribution in [0.5, 0.6) is 0 Å². The van der Waals surface area contributed by atoms with Gasteiger partial charge in [-0.05, 0) is 19.1 Å². The highest BCUT2D eigenvalue weighted by Gasteiger charge is 2.12. The molecule has 0 amide bonds. The number of ether oxygens (including phenoxy) is 1. The molecule has 1 aromatic carbocycles. The van der Waals surface area contributed by atoms with Gasteiger partial charge >= 0.3 is 0 Å². The van der Waals surface area contributed by atoms with Gasteiger partial charge < -0.3 is 4.74 Å². The third kappa shape index (κ3) is 5.35. The zero-order valence-electron chi connectivity index (χ0n) is 11.4. The summed E-state index contributed by atoms with van der Waals surface area (Å²) in [5.74, 6) is 0.907. The van der Waals surface area contributed by atoms with Crippen LogP contribution in [0.25, 0.3) is 0 Å². The zero-order chi connectivity index (χ0) is 13.5. The summed E-state index contributed by atoms with van der Waals surface area (Å²) in [6.45, 7) is 6.45. The summed E-state index contributed by atoms with van der Waals surface area (Å²) in [6, 6.07) is 8.32. The highest BCUT2D eigenvalue weighted by Crippen LogP contribution is 2.18. The van der Waals surface area contributed by atoms with E-state index in [1.165, 1.54) is 10.5 Å². The van der Waals surface area contributed by atoms with E-state index in [-0.39, 0.29) is 0 Å². The van der Waals surface area contributed by atoms with Crippen LogP contribution >= 0.6 is 11.8 Å². The topological polar surface area (TPSA) is 29.5 Å². The van der Waals surface area contributed by atoms with Gasteiger partial charge in [0.25, 0.3) is 0 Å². The molecule has 1 saturated heterocycles. The van der Waals surface area contributed by atoms with Gasteiger partial charge in [-0.15, -0.1) is 11.8 Å². The average molecular weight is 279 g/mol. The third-order valence-corrected chi connectivity index (χ3v) is 4.30. The largest absolute Gasteiger partial charge is 0.379 e. The fraction of sp³-hybridized carbons (Fsp3) is 0.533. The Morgan fingerprint density at radius 1 is 1.26 bits per heavy atom. The molecule has 0 bridgehead atoms. The Labute approximate surface area is 119 Å². The van der Waals surface area contributed by atoms with E-state index in [4.69, 9.17) is 4.74 Å². The van der Waals surface area contributed by atoms with Crippen LogP contribution in [0.4, 0.5) is 0 Å². The van der Waals surface area contributed by atoms with E-state index in [0.29, 0.717) is 18.0 Å². The first-order valence-corrected chi connectivity index (χ1v) is 7.74. The molecule has 0 aromatic heterocycles. The molecule has 1 fully saturated rings. The summed E-state index contributed by atoms with van der Waals surface area (Å²) in [4.78, 5) is 15.3. The van der Waals surface area contributed by atoms with Gasteiger partial charge in [0, 0.05) is 31.0 Å². The maximum absolute atomic E-state index is 11.8. The molecular weight excluding hydrogens is 258 g/mol. The number of rotatable bonds is 6. The number of benzene rings is 1. The van der Waals surface area contributed by atoms with Crippen molar-refractivity contribution in [2.24, 2.45) is 0 Å². The monoisotopic (exact) mass is 279 g/mol. The molecule has 4 heteroatoms. The van der Waals surface area contributed by atoms with Crippen LogP contribution in [-0.2, 0) is 9.53 Å². The summed E-state index contributed by atoms with van der Waals surface area (Å²) in [6.07, 6.45) is 0.652. The Bertz CT molecular complexity index is 399. The van der Waals surface area contributed by atoms with Crippen molar-refractivity contribution >= 4 is 17.5 Å². The Kier molecular flexibility index (Phi) is 5.89. The van der Waals surface area contributed by atoms with E-state index in [1.54, 1.807) is 11.8 Å². The van der Waals surface area contributed by atoms with Crippen LogP contribution < -0.4 is 0 Å². The summed E-state index contributed by atoms with van der Waals surface area (Å²) >= 11 is 1.63. The number of thioether (sulfide) groups is 1. The molecule has 0 N–H and O–H groups in total. The Balaban J connectivity index is 1.65. The van der Waals surface area contributed by atoms with E-state index in [1.807, 2.05) is 0 Å². The molecule has 3 nitrogen and oxygen atoms in total. The minimum absolute atomic E-state index is 0.331. The number of carbonyl (C=O) groups excluding carboxylic acids is 1. The number of ketones is 1. The molecule has 0 aliphatic carbocycles. The normalized spacial score (nSPS) is 16.5. The minimum atomic E-state index is 0.331. The van der Waals surface area contributed by atoms with Crippen molar-refractivity contribution in [3.63, 3.8) is 0 Å². The van der Waals surface area contributed by atoms with Crippen LogP contribution in [0.1, 0.15) is 12.0 Å². The lowest BCUT2D eigenvalue weighted by Gasteiger charge is -2.26. The van der Waals surface area contributed by atoms with Gasteiger partial charge in [0.1, 0.15) is 5.78 Å². The summed E-state index contributed by atoms with van der Waals surface area (Å²) < 4.78 is 5.29. The van der Waals surface area contributed by atoms with Crippen molar-refractivity contribution < 1.29 is 9.53 Å². The van der Waals surface area contributed by atoms with E-state index >= 15 is 0 Å². The highest BCUT2D eigenvalue weighted by atomic mass is 32.2. The Hall–Kier alpha value is -0.840. The average Bonchev–Trinajstić information content (AvgIpc) is 2.45. The second-order valence-electron chi connectivity index (χ2n) is 4.84. The van der Waals surface area contributed by atoms with Gasteiger partial charge in [0.05, 0.1) is 19.0 Å². The molecule has 1 aliphatic rings. The first-order valence-electron chi connectivity index (χ1n) is 6.75. The fourth-order valence-corrected chi connectivity index (χ4v) is 2.78. The first kappa shape index (κ1) is 14.6. The predicted molar refractivity (Wildman–Crippen MR) is 78.8 cm³/mol. The quantitative estimate of drug-likeness (QED) is 0.748. The maximum atomic E-state index is 11.8. The smallest absolute Gasteiger partial charge is 0.144 e. The molecule has 19 heavy (non-hydrogen) atoms. The van der Waals surface area contributed by atoms with Crippen molar-refractivity contribution in [1.82, 2.24) is 4.90 Å². The molecule has 0 unspecified atom stereocenters. The molecule has 0 saturated carbocycles. The third-order valence-electron chi connectivity index (χ3n) is 3.23. The van der Waals surface area contributed by atoms with Crippen molar-refractivity contribution in [3.8, 4) is 0 Å². The molecule has 1 aromatic rings. The number of carbonyl (C=O) groups is 1. The standard InChI is InChI=1S/C15H21NO2S/c1-13-2-4-15(5-3-13)19-12-14(17)6-7-16-8-10-18-11-9-16/h2-5H,6-12H2,1H3. The van der Waals surface area contributed by atoms with Crippen molar-refractivity contribution in [3.05, 3.63) is 29.8 Å². The van der Waals surface area contributed by atoms with Gasteiger partial charge in [-0.25, -0.2) is 0 Å². The molecule has 1 aliphatic heterocycles. The van der Waals surface area contributed by atoms with Gasteiger partial charge in [-0.1, -0.05) is 17.7 Å². The lowest BCUT2D eigenvalue weighted by atomic mass is 10.2. The molecule has 0 atom stereocenters. The summed E-state index contributed by atoms with van der Waals surface area (Å²) in [7, 11) is 0. The second-order valence-corrected chi connectivity index (χ2v) is 5.89. The number of morpholine rings is 1. The van der Waals surface area contributed by atoms with Crippen molar-refractivity contribution in [1.29, 1.82) is 0 Å². The number of aryl methyl sites for hydroxylation is 1. The van der Waals surface area contributed by atoms with Crippen LogP contribution in [-0.4, -0.2) is 49.3 Å². The number of hydrogen-bond acceptors (Lipinski definition) is 4. The van der Waals surface area contributed by atoms with E-state index < -0.39 is 0 Å². The van der Waals surface area contributed by atoms with E-state index in [2.05, 4.69) is 36.1 Å². The maximum Gasteiger partial charge on any atom is 0.144 e. The van der Waals surface area contributed by atoms with Gasteiger partial charge in [0.2, 0.25) is 0 Å². The molecular formula is C15H21NO2S. The molecule has 104 valence electrons. The zero-order valence-corrected chi connectivity index (χ0v) is 12.2. The number of hydrogen-bond donors (Lipinski definition) is 0. The first-order chi connectivity index (χ1) is 9.24. The minimum Gasteiger partial charge on any atom is -0.379 e. The number of nitrogens with zero attached hydrogens (tertiary/aromatic N) is 1. The highest BCUT2D eigenvalue weighted by molar-refractivity contribution is 8.00. The second kappa shape index (κ2) is 7.68. The lowest BCUT2D eigenvalue weighted by molar-refractivity contribution is -0.117. The summed E-state index contributed by atoms with van der Waals surface area (Å²) in [5, 5.41) is 0. The van der Waals surface area contributed by atoms with Crippen LogP contribution in [0.3, 0.4) is 0 Å². The molecule has 2 rings (SSSR count). The SMILES string of the molecule is Cc1ccc(SCC(=O)CCN2CCOCC2)cc1. The Morgan fingerprint density at radius 2 is 1.95 bits per heavy atom. The van der Waals surface area contributed by atoms with Crippen LogP contribution in [0.2, 0.25) is 0 Å². The van der Waals surface area contributed by atoms with Crippen LogP contribution in [0, 0.1) is 6.92 Å². The Morgan fingerprint density at radius 3 is 2.63 bits per heavy atom. The van der Waals surface area contributed by atoms with Gasteiger partial charge in [-0.2, -0.15) is 0 Å². The molecule has 0 radical (unpaired) electrons. The molecule has 1 heterocycles. The van der Waals surface area contributed by atoms with Gasteiger partial charge in [-0.3, -0.25) is 9.69 Å². The lowest BCUT2D eigenvalue weighted by Crippen LogP contribution is -2.37. The van der Waals surface area contributed by atoms with Crippen molar-refractivity contribution in [2.45, 2.75) is 18.2 Å². The van der Waals surface area contributed by atoms with Crippen LogP contribution in [0.15, 0.2) is 29.2 Å². The van der Waals surface area contributed by atoms with E-state index in [9.17, 15) is 4.79 Å². The number of Topliss-reactive ketones (excluding diaryl/α,β-unsaturated/α-hetero) is 1. The fourth-order valence-electron chi connectivity index (χ4n) is 1.98. The van der Waals surface area contributed by atoms with Gasteiger partial charge in [0.15, 0.2) is 0 Å². The summed E-state index contributed by atoms with van der Waals surface area (Å²) in [5.41, 5.74) is 1.25. The van der Waals surface area contributed by atoms with Crippen molar-refractivity contribution in [2.75, 3.05) is 38.6 Å². The molecule has 0 spiro atoms. The van der Waals surface area contributed by atoms with E-state index in [0.717, 1.165) is 32.8 Å². The predicted octanol–water partition coefficient (Wildman–Crippen LogP) is 2.38.